The molecule has 0 aliphatic rings. The molecule has 6 heteroatoms. The fourth-order valence-corrected chi connectivity index (χ4v) is 1.80. The van der Waals surface area contributed by atoms with Gasteiger partial charge in [0, 0.05) is 6.54 Å². The van der Waals surface area contributed by atoms with Crippen LogP contribution in [-0.2, 0) is 16.1 Å². The van der Waals surface area contributed by atoms with Crippen LogP contribution in [0.5, 0.6) is 0 Å². The number of nitrogens with zero attached hydrogens (tertiary/aromatic N) is 2. The zero-order valence-electron chi connectivity index (χ0n) is 10.6. The molecule has 5 nitrogen and oxygen atoms in total. The molecular formula is C11H18ClN3O2. The largest absolute Gasteiger partial charge is 0.468 e. The average molecular weight is 260 g/mol. The van der Waals surface area contributed by atoms with Gasteiger partial charge in [-0.2, -0.15) is 5.10 Å². The van der Waals surface area contributed by atoms with Crippen LogP contribution in [0, 0.1) is 13.8 Å². The zero-order valence-corrected chi connectivity index (χ0v) is 11.3. The van der Waals surface area contributed by atoms with Crippen LogP contribution in [-0.4, -0.2) is 35.9 Å². The van der Waals surface area contributed by atoms with Gasteiger partial charge in [-0.05, 0) is 27.3 Å². The first-order chi connectivity index (χ1) is 8.01. The highest BCUT2D eigenvalue weighted by Crippen LogP contribution is 2.19. The summed E-state index contributed by atoms with van der Waals surface area (Å²) in [6.45, 7) is 4.40. The summed E-state index contributed by atoms with van der Waals surface area (Å²) < 4.78 is 6.50. The van der Waals surface area contributed by atoms with E-state index in [1.54, 1.807) is 7.05 Å². The predicted molar refractivity (Wildman–Crippen MR) is 66.2 cm³/mol. The molecule has 1 heterocycles. The second-order valence-corrected chi connectivity index (χ2v) is 4.24. The third-order valence-corrected chi connectivity index (χ3v) is 3.30. The number of hydrogen-bond acceptors (Lipinski definition) is 4. The van der Waals surface area contributed by atoms with Crippen molar-refractivity contribution in [1.82, 2.24) is 15.1 Å². The van der Waals surface area contributed by atoms with E-state index in [4.69, 9.17) is 16.3 Å². The van der Waals surface area contributed by atoms with Crippen LogP contribution in [0.15, 0.2) is 0 Å². The van der Waals surface area contributed by atoms with E-state index in [1.807, 2.05) is 18.5 Å². The zero-order chi connectivity index (χ0) is 13.0. The van der Waals surface area contributed by atoms with Crippen LogP contribution in [0.1, 0.15) is 17.8 Å². The Kier molecular flexibility index (Phi) is 4.96. The fraction of sp³-hybridized carbons (Fsp3) is 0.636. The summed E-state index contributed by atoms with van der Waals surface area (Å²) in [6.07, 6.45) is 0.613. The maximum absolute atomic E-state index is 11.4. The molecule has 1 atom stereocenters. The second-order valence-electron chi connectivity index (χ2n) is 3.86. The number of ether oxygens (including phenoxy) is 1. The van der Waals surface area contributed by atoms with Gasteiger partial charge in [0.2, 0.25) is 0 Å². The average Bonchev–Trinajstić information content (AvgIpc) is 2.57. The van der Waals surface area contributed by atoms with E-state index in [0.717, 1.165) is 11.4 Å². The number of carbonyl (C=O) groups excluding carboxylic acids is 1. The van der Waals surface area contributed by atoms with Crippen LogP contribution in [0.2, 0.25) is 5.02 Å². The fourth-order valence-electron chi connectivity index (χ4n) is 1.67. The minimum absolute atomic E-state index is 0.264. The summed E-state index contributed by atoms with van der Waals surface area (Å²) in [6, 6.07) is -0.317. The Hall–Kier alpha value is -1.07. The van der Waals surface area contributed by atoms with E-state index in [9.17, 15) is 4.79 Å². The van der Waals surface area contributed by atoms with Crippen molar-refractivity contribution in [1.29, 1.82) is 0 Å². The molecule has 0 amide bonds. The molecule has 0 saturated heterocycles. The molecule has 0 aliphatic heterocycles. The lowest BCUT2D eigenvalue weighted by atomic mass is 10.2. The van der Waals surface area contributed by atoms with E-state index in [-0.39, 0.29) is 12.0 Å². The second kappa shape index (κ2) is 6.02. The number of aromatic nitrogens is 2. The van der Waals surface area contributed by atoms with Gasteiger partial charge in [0.1, 0.15) is 6.04 Å². The molecule has 1 aromatic heterocycles. The molecule has 1 rings (SSSR count). The van der Waals surface area contributed by atoms with Gasteiger partial charge in [-0.1, -0.05) is 11.6 Å². The number of methoxy groups -OCH3 is 1. The SMILES string of the molecule is CNC(CCn1nc(C)c(Cl)c1C)C(=O)OC. The molecule has 1 N–H and O–H groups in total. The summed E-state index contributed by atoms with van der Waals surface area (Å²) in [4.78, 5) is 11.4. The number of halogens is 1. The Morgan fingerprint density at radius 1 is 1.59 bits per heavy atom. The molecule has 0 bridgehead atoms. The van der Waals surface area contributed by atoms with Gasteiger partial charge in [-0.15, -0.1) is 0 Å². The number of esters is 1. The molecule has 0 aliphatic carbocycles. The van der Waals surface area contributed by atoms with Crippen molar-refractivity contribution >= 4 is 17.6 Å². The molecule has 0 saturated carbocycles. The highest BCUT2D eigenvalue weighted by molar-refractivity contribution is 6.31. The molecule has 0 radical (unpaired) electrons. The number of nitrogens with one attached hydrogen (secondary N) is 1. The van der Waals surface area contributed by atoms with Crippen molar-refractivity contribution in [2.45, 2.75) is 32.9 Å². The van der Waals surface area contributed by atoms with E-state index >= 15 is 0 Å². The Labute approximate surface area is 106 Å². The van der Waals surface area contributed by atoms with Crippen LogP contribution in [0.4, 0.5) is 0 Å². The van der Waals surface area contributed by atoms with Crippen molar-refractivity contribution in [2.75, 3.05) is 14.2 Å². The van der Waals surface area contributed by atoms with Crippen LogP contribution >= 0.6 is 11.6 Å². The Morgan fingerprint density at radius 3 is 2.65 bits per heavy atom. The van der Waals surface area contributed by atoms with Gasteiger partial charge >= 0.3 is 5.97 Å². The van der Waals surface area contributed by atoms with Crippen LogP contribution < -0.4 is 5.32 Å². The maximum Gasteiger partial charge on any atom is 0.322 e. The van der Waals surface area contributed by atoms with Gasteiger partial charge in [0.05, 0.1) is 23.5 Å². The van der Waals surface area contributed by atoms with Crippen molar-refractivity contribution < 1.29 is 9.53 Å². The van der Waals surface area contributed by atoms with Gasteiger partial charge in [-0.3, -0.25) is 9.48 Å². The molecule has 96 valence electrons. The normalized spacial score (nSPS) is 12.5. The third-order valence-electron chi connectivity index (χ3n) is 2.76. The Bertz CT molecular complexity index is 404. The van der Waals surface area contributed by atoms with E-state index < -0.39 is 0 Å². The number of hydrogen-bond donors (Lipinski definition) is 1. The highest BCUT2D eigenvalue weighted by atomic mass is 35.5. The molecular weight excluding hydrogens is 242 g/mol. The molecule has 1 unspecified atom stereocenters. The summed E-state index contributed by atoms with van der Waals surface area (Å²) in [5.41, 5.74) is 1.73. The number of carbonyl (C=O) groups is 1. The lowest BCUT2D eigenvalue weighted by Crippen LogP contribution is -2.36. The van der Waals surface area contributed by atoms with Crippen LogP contribution in [0.25, 0.3) is 0 Å². The van der Waals surface area contributed by atoms with Crippen LogP contribution in [0.3, 0.4) is 0 Å². The highest BCUT2D eigenvalue weighted by Gasteiger charge is 2.17. The Balaban J connectivity index is 2.66. The van der Waals surface area contributed by atoms with Crippen molar-refractivity contribution in [3.63, 3.8) is 0 Å². The van der Waals surface area contributed by atoms with Crippen molar-refractivity contribution in [2.24, 2.45) is 0 Å². The van der Waals surface area contributed by atoms with E-state index in [0.29, 0.717) is 18.0 Å². The molecule has 1 aromatic rings. The Morgan fingerprint density at radius 2 is 2.24 bits per heavy atom. The summed E-state index contributed by atoms with van der Waals surface area (Å²) in [7, 11) is 3.11. The molecule has 0 spiro atoms. The standard InChI is InChI=1S/C11H18ClN3O2/c1-7-10(12)8(2)15(14-7)6-5-9(13-3)11(16)17-4/h9,13H,5-6H2,1-4H3. The van der Waals surface area contributed by atoms with E-state index in [1.165, 1.54) is 7.11 Å². The quantitative estimate of drug-likeness (QED) is 0.810. The van der Waals surface area contributed by atoms with E-state index in [2.05, 4.69) is 10.4 Å². The summed E-state index contributed by atoms with van der Waals surface area (Å²) >= 11 is 6.05. The smallest absolute Gasteiger partial charge is 0.322 e. The van der Waals surface area contributed by atoms with Gasteiger partial charge < -0.3 is 10.1 Å². The van der Waals surface area contributed by atoms with Crippen molar-refractivity contribution in [3.8, 4) is 0 Å². The maximum atomic E-state index is 11.4. The van der Waals surface area contributed by atoms with Crippen molar-refractivity contribution in [3.05, 3.63) is 16.4 Å². The van der Waals surface area contributed by atoms with Gasteiger partial charge in [0.25, 0.3) is 0 Å². The summed E-state index contributed by atoms with van der Waals surface area (Å²) in [5, 5.41) is 7.91. The van der Waals surface area contributed by atoms with Gasteiger partial charge in [0.15, 0.2) is 0 Å². The topological polar surface area (TPSA) is 56.2 Å². The third kappa shape index (κ3) is 3.20. The number of rotatable bonds is 5. The summed E-state index contributed by atoms with van der Waals surface area (Å²) in [5.74, 6) is -0.264. The molecule has 17 heavy (non-hydrogen) atoms. The molecule has 0 fully saturated rings. The molecule has 0 aromatic carbocycles. The first-order valence-corrected chi connectivity index (χ1v) is 5.83. The minimum Gasteiger partial charge on any atom is -0.468 e. The monoisotopic (exact) mass is 259 g/mol. The lowest BCUT2D eigenvalue weighted by molar-refractivity contribution is -0.143. The number of likely N-dealkylation sites (N-methyl/N-ethyl adjacent to an activating group) is 1. The first kappa shape index (κ1) is 14.0. The van der Waals surface area contributed by atoms with Gasteiger partial charge in [-0.25, -0.2) is 0 Å². The predicted octanol–water partition coefficient (Wildman–Crippen LogP) is 1.30. The number of aryl methyl sites for hydroxylation is 2. The minimum atomic E-state index is -0.317. The lowest BCUT2D eigenvalue weighted by Gasteiger charge is -2.13. The first-order valence-electron chi connectivity index (χ1n) is 5.45.